The van der Waals surface area contributed by atoms with Crippen LogP contribution in [0.4, 0.5) is 0 Å². The Hall–Kier alpha value is -1.76. The van der Waals surface area contributed by atoms with Gasteiger partial charge >= 0.3 is 0 Å². The largest absolute Gasteiger partial charge is 0.331 e. The van der Waals surface area contributed by atoms with Gasteiger partial charge in [0, 0.05) is 30.7 Å². The van der Waals surface area contributed by atoms with Crippen LogP contribution in [0.3, 0.4) is 0 Å². The third kappa shape index (κ3) is 2.43. The van der Waals surface area contributed by atoms with E-state index in [1.165, 1.54) is 0 Å². The third-order valence-electron chi connectivity index (χ3n) is 4.36. The number of rotatable bonds is 1. The first kappa shape index (κ1) is 15.1. The molecule has 2 heterocycles. The smallest absolute Gasteiger partial charge is 0.118 e. The highest BCUT2D eigenvalue weighted by Crippen LogP contribution is 2.38. The number of hydrogen-bond acceptors (Lipinski definition) is 2. The average molecular weight is 314 g/mol. The Labute approximate surface area is 136 Å². The molecule has 3 rings (SSSR count). The van der Waals surface area contributed by atoms with Crippen molar-refractivity contribution in [2.45, 2.75) is 39.4 Å². The fourth-order valence-electron chi connectivity index (χ4n) is 3.08. The highest BCUT2D eigenvalue weighted by atomic mass is 35.5. The number of aromatic nitrogens is 1. The second-order valence-corrected chi connectivity index (χ2v) is 7.07. The summed E-state index contributed by atoms with van der Waals surface area (Å²) in [5.74, 6) is 0. The summed E-state index contributed by atoms with van der Waals surface area (Å²) in [5, 5.41) is 10.4. The zero-order valence-electron chi connectivity index (χ0n) is 13.2. The Kier molecular flexibility index (Phi) is 3.76. The maximum Gasteiger partial charge on any atom is 0.118 e. The monoisotopic (exact) mass is 313 g/mol. The number of benzene rings is 1. The molecule has 1 aromatic carbocycles. The summed E-state index contributed by atoms with van der Waals surface area (Å²) in [7, 11) is 0. The van der Waals surface area contributed by atoms with Gasteiger partial charge in [-0.2, -0.15) is 5.26 Å². The Morgan fingerprint density at radius 1 is 1.14 bits per heavy atom. The molecule has 2 aromatic rings. The second-order valence-electron chi connectivity index (χ2n) is 6.71. The fraction of sp³-hybridized carbons (Fsp3) is 0.389. The first-order chi connectivity index (χ1) is 10.4. The minimum Gasteiger partial charge on any atom is -0.331 e. The lowest BCUT2D eigenvalue weighted by Crippen LogP contribution is -2.45. The molecular formula is C18H20ClN3. The maximum absolute atomic E-state index is 9.70. The zero-order chi connectivity index (χ0) is 15.9. The van der Waals surface area contributed by atoms with Crippen molar-refractivity contribution < 1.29 is 0 Å². The topological polar surface area (TPSA) is 32.0 Å². The molecule has 0 unspecified atom stereocenters. The van der Waals surface area contributed by atoms with Crippen LogP contribution < -0.4 is 0 Å². The predicted molar refractivity (Wildman–Crippen MR) is 89.8 cm³/mol. The second kappa shape index (κ2) is 5.46. The van der Waals surface area contributed by atoms with Gasteiger partial charge in [-0.1, -0.05) is 41.9 Å². The molecule has 0 radical (unpaired) electrons. The molecule has 0 atom stereocenters. The summed E-state index contributed by atoms with van der Waals surface area (Å²) in [6.45, 7) is 9.15. The highest BCUT2D eigenvalue weighted by Gasteiger charge is 2.31. The number of nitriles is 1. The van der Waals surface area contributed by atoms with Crippen molar-refractivity contribution >= 4 is 11.6 Å². The molecule has 22 heavy (non-hydrogen) atoms. The molecule has 0 amide bonds. The van der Waals surface area contributed by atoms with Crippen molar-refractivity contribution in [2.24, 2.45) is 0 Å². The molecule has 0 N–H and O–H groups in total. The van der Waals surface area contributed by atoms with E-state index in [9.17, 15) is 5.26 Å². The van der Waals surface area contributed by atoms with Gasteiger partial charge in [0.05, 0.1) is 11.3 Å². The summed E-state index contributed by atoms with van der Waals surface area (Å²) < 4.78 is 2.10. The van der Waals surface area contributed by atoms with Crippen LogP contribution in [0.1, 0.15) is 32.0 Å². The zero-order valence-corrected chi connectivity index (χ0v) is 14.0. The summed E-state index contributed by atoms with van der Waals surface area (Å²) in [4.78, 5) is 2.40. The molecule has 0 saturated carbocycles. The third-order valence-corrected chi connectivity index (χ3v) is 4.76. The lowest BCUT2D eigenvalue weighted by Gasteiger charge is -2.39. The maximum atomic E-state index is 9.70. The van der Waals surface area contributed by atoms with Gasteiger partial charge in [-0.25, -0.2) is 0 Å². The first-order valence-electron chi connectivity index (χ1n) is 7.55. The van der Waals surface area contributed by atoms with E-state index in [-0.39, 0.29) is 5.54 Å². The van der Waals surface area contributed by atoms with Gasteiger partial charge in [0.1, 0.15) is 11.2 Å². The van der Waals surface area contributed by atoms with Crippen LogP contribution in [0.15, 0.2) is 30.3 Å². The summed E-state index contributed by atoms with van der Waals surface area (Å²) >= 11 is 6.62. The van der Waals surface area contributed by atoms with Crippen LogP contribution in [-0.4, -0.2) is 21.6 Å². The lowest BCUT2D eigenvalue weighted by atomic mass is 10.0. The predicted octanol–water partition coefficient (Wildman–Crippen LogP) is 4.29. The first-order valence-corrected chi connectivity index (χ1v) is 7.92. The normalized spacial score (nSPS) is 15.4. The Balaban J connectivity index is 2.14. The van der Waals surface area contributed by atoms with Crippen LogP contribution in [0.2, 0.25) is 5.15 Å². The molecule has 0 bridgehead atoms. The van der Waals surface area contributed by atoms with E-state index in [1.54, 1.807) is 0 Å². The van der Waals surface area contributed by atoms with Gasteiger partial charge in [-0.15, -0.1) is 0 Å². The van der Waals surface area contributed by atoms with E-state index in [0.717, 1.165) is 36.5 Å². The van der Waals surface area contributed by atoms with Gasteiger partial charge < -0.3 is 4.57 Å². The molecule has 0 spiro atoms. The van der Waals surface area contributed by atoms with Crippen LogP contribution in [-0.2, 0) is 13.1 Å². The van der Waals surface area contributed by atoms with Crippen molar-refractivity contribution in [1.82, 2.24) is 9.47 Å². The summed E-state index contributed by atoms with van der Waals surface area (Å²) in [5.41, 5.74) is 3.71. The van der Waals surface area contributed by atoms with Gasteiger partial charge in [0.25, 0.3) is 0 Å². The van der Waals surface area contributed by atoms with Crippen LogP contribution in [0.25, 0.3) is 11.1 Å². The van der Waals surface area contributed by atoms with Crippen molar-refractivity contribution in [3.8, 4) is 17.2 Å². The molecule has 0 saturated heterocycles. The number of halogens is 1. The fourth-order valence-corrected chi connectivity index (χ4v) is 3.47. The van der Waals surface area contributed by atoms with Crippen LogP contribution in [0.5, 0.6) is 0 Å². The van der Waals surface area contributed by atoms with E-state index in [1.807, 2.05) is 30.3 Å². The van der Waals surface area contributed by atoms with Crippen molar-refractivity contribution in [2.75, 3.05) is 6.54 Å². The van der Waals surface area contributed by atoms with E-state index >= 15 is 0 Å². The van der Waals surface area contributed by atoms with Gasteiger partial charge in [0.2, 0.25) is 0 Å². The summed E-state index contributed by atoms with van der Waals surface area (Å²) in [6.07, 6.45) is 0. The Morgan fingerprint density at radius 2 is 1.82 bits per heavy atom. The van der Waals surface area contributed by atoms with Gasteiger partial charge in [-0.05, 0) is 26.3 Å². The average Bonchev–Trinajstić information content (AvgIpc) is 2.79. The molecule has 0 fully saturated rings. The van der Waals surface area contributed by atoms with E-state index in [0.29, 0.717) is 10.7 Å². The molecule has 1 aliphatic heterocycles. The number of fused-ring (bicyclic) bond motifs is 1. The van der Waals surface area contributed by atoms with Crippen molar-refractivity contribution in [3.63, 3.8) is 0 Å². The molecule has 114 valence electrons. The SMILES string of the molecule is CC(C)(C)N1CCn2c(Cl)c(-c3ccccc3)c(C#N)c2C1. The van der Waals surface area contributed by atoms with Gasteiger partial charge in [-0.3, -0.25) is 4.90 Å². The minimum atomic E-state index is 0.0850. The van der Waals surface area contributed by atoms with Crippen LogP contribution >= 0.6 is 11.6 Å². The quantitative estimate of drug-likeness (QED) is 0.786. The van der Waals surface area contributed by atoms with E-state index in [2.05, 4.69) is 36.3 Å². The molecule has 1 aromatic heterocycles. The van der Waals surface area contributed by atoms with Crippen molar-refractivity contribution in [1.29, 1.82) is 5.26 Å². The Bertz CT molecular complexity index is 732. The van der Waals surface area contributed by atoms with Crippen LogP contribution in [0, 0.1) is 11.3 Å². The van der Waals surface area contributed by atoms with Gasteiger partial charge in [0.15, 0.2) is 0 Å². The highest BCUT2D eigenvalue weighted by molar-refractivity contribution is 6.33. The molecule has 4 heteroatoms. The number of nitrogens with zero attached hydrogens (tertiary/aromatic N) is 3. The molecule has 3 nitrogen and oxygen atoms in total. The number of hydrogen-bond donors (Lipinski definition) is 0. The standard InChI is InChI=1S/C18H20ClN3/c1-18(2,3)21-9-10-22-15(12-21)14(11-20)16(17(22)19)13-7-5-4-6-8-13/h4-8H,9-10,12H2,1-3H3. The van der Waals surface area contributed by atoms with E-state index < -0.39 is 0 Å². The van der Waals surface area contributed by atoms with E-state index in [4.69, 9.17) is 11.6 Å². The molecule has 1 aliphatic rings. The minimum absolute atomic E-state index is 0.0850. The lowest BCUT2D eigenvalue weighted by molar-refractivity contribution is 0.103. The van der Waals surface area contributed by atoms with Crippen molar-refractivity contribution in [3.05, 3.63) is 46.7 Å². The summed E-state index contributed by atoms with van der Waals surface area (Å²) in [6, 6.07) is 12.3. The molecule has 0 aliphatic carbocycles. The molecular weight excluding hydrogens is 294 g/mol. The Morgan fingerprint density at radius 3 is 2.41 bits per heavy atom.